The van der Waals surface area contributed by atoms with E-state index in [0.29, 0.717) is 26.1 Å². The number of aromatic amines is 2. The van der Waals surface area contributed by atoms with E-state index in [-0.39, 0.29) is 23.6 Å². The molecule has 0 atom stereocenters. The molecule has 0 spiro atoms. The van der Waals surface area contributed by atoms with Crippen molar-refractivity contribution >= 4 is 16.9 Å². The summed E-state index contributed by atoms with van der Waals surface area (Å²) in [6.45, 7) is 1.43. The lowest BCUT2D eigenvalue weighted by Gasteiger charge is -2.28. The Morgan fingerprint density at radius 3 is 2.88 bits per heavy atom. The lowest BCUT2D eigenvalue weighted by atomic mass is 10.0. The summed E-state index contributed by atoms with van der Waals surface area (Å²) >= 11 is 0. The first-order chi connectivity index (χ1) is 12.1. The highest BCUT2D eigenvalue weighted by Crippen LogP contribution is 2.17. The van der Waals surface area contributed by atoms with Crippen LogP contribution in [-0.2, 0) is 24.3 Å². The molecule has 1 aliphatic rings. The van der Waals surface area contributed by atoms with E-state index >= 15 is 0 Å². The van der Waals surface area contributed by atoms with E-state index in [1.807, 2.05) is 24.3 Å². The fraction of sp³-hybridized carbons (Fsp3) is 0.278. The van der Waals surface area contributed by atoms with Crippen LogP contribution in [0.4, 0.5) is 0 Å². The normalized spacial score (nSPS) is 13.8. The number of carbonyl (C=O) groups excluding carboxylic acids is 1. The molecule has 3 heterocycles. The van der Waals surface area contributed by atoms with E-state index in [2.05, 4.69) is 9.97 Å². The van der Waals surface area contributed by atoms with Gasteiger partial charge in [0.2, 0.25) is 11.5 Å². The molecule has 3 aromatic rings. The number of aryl methyl sites for hydroxylation is 1. The maximum absolute atomic E-state index is 12.5. The van der Waals surface area contributed by atoms with Crippen molar-refractivity contribution in [2.24, 2.45) is 0 Å². The summed E-state index contributed by atoms with van der Waals surface area (Å²) in [5.74, 6) is 0.00836. The number of nitrogens with one attached hydrogen (secondary N) is 2. The Hall–Kier alpha value is -3.09. The van der Waals surface area contributed by atoms with E-state index in [4.69, 9.17) is 0 Å². The first-order valence-corrected chi connectivity index (χ1v) is 8.27. The number of aromatic nitrogens is 3. The van der Waals surface area contributed by atoms with Crippen molar-refractivity contribution in [3.05, 3.63) is 68.5 Å². The molecule has 0 saturated carbocycles. The number of hydrogen-bond donors (Lipinski definition) is 2. The summed E-state index contributed by atoms with van der Waals surface area (Å²) in [6, 6.07) is 9.05. The molecule has 1 aromatic carbocycles. The number of pyridine rings is 1. The predicted molar refractivity (Wildman–Crippen MR) is 93.4 cm³/mol. The fourth-order valence-corrected chi connectivity index (χ4v) is 3.37. The van der Waals surface area contributed by atoms with Crippen LogP contribution < -0.4 is 11.2 Å². The minimum atomic E-state index is -0.199. The van der Waals surface area contributed by atoms with E-state index in [1.165, 1.54) is 0 Å². The second-order valence-corrected chi connectivity index (χ2v) is 6.26. The summed E-state index contributed by atoms with van der Waals surface area (Å²) in [7, 11) is 0. The highest BCUT2D eigenvalue weighted by atomic mass is 16.2. The number of rotatable bonds is 3. The Bertz CT molecular complexity index is 1060. The highest BCUT2D eigenvalue weighted by molar-refractivity contribution is 5.78. The van der Waals surface area contributed by atoms with Crippen molar-refractivity contribution in [2.45, 2.75) is 25.9 Å². The summed E-state index contributed by atoms with van der Waals surface area (Å²) in [5.41, 5.74) is 3.24. The topological polar surface area (TPSA) is 91.0 Å². The Morgan fingerprint density at radius 1 is 1.16 bits per heavy atom. The van der Waals surface area contributed by atoms with Crippen molar-refractivity contribution in [2.75, 3.05) is 6.54 Å². The number of amides is 1. The van der Waals surface area contributed by atoms with Crippen LogP contribution in [0.15, 0.2) is 46.1 Å². The molecule has 1 amide bonds. The second-order valence-electron chi connectivity index (χ2n) is 6.26. The molecular weight excluding hydrogens is 320 g/mol. The van der Waals surface area contributed by atoms with Gasteiger partial charge in [-0.3, -0.25) is 14.2 Å². The number of H-pyrrole nitrogens is 2. The van der Waals surface area contributed by atoms with Gasteiger partial charge in [0, 0.05) is 38.3 Å². The lowest BCUT2D eigenvalue weighted by Crippen LogP contribution is -2.37. The third-order valence-corrected chi connectivity index (χ3v) is 4.70. The molecule has 1 aliphatic heterocycles. The molecule has 7 nitrogen and oxygen atoms in total. The van der Waals surface area contributed by atoms with Gasteiger partial charge in [-0.15, -0.1) is 0 Å². The van der Waals surface area contributed by atoms with E-state index in [9.17, 15) is 14.4 Å². The molecule has 128 valence electrons. The zero-order valence-electron chi connectivity index (χ0n) is 13.6. The van der Waals surface area contributed by atoms with Crippen LogP contribution in [0, 0.1) is 0 Å². The van der Waals surface area contributed by atoms with Crippen LogP contribution in [0.1, 0.15) is 17.5 Å². The first-order valence-electron chi connectivity index (χ1n) is 8.27. The Kier molecular flexibility index (Phi) is 3.76. The standard InChI is InChI=1S/C18H18N4O3/c23-16-9-12-5-7-21(11-13(12)10-19-16)17(24)6-8-22-15-4-2-1-3-14(15)20-18(22)25/h1-4,9-10H,5-8,11H2,(H,19,23)(H,20,25). The maximum Gasteiger partial charge on any atom is 0.326 e. The van der Waals surface area contributed by atoms with Gasteiger partial charge in [-0.2, -0.15) is 0 Å². The molecule has 7 heteroatoms. The SMILES string of the molecule is O=C(CCn1c(=O)[nH]c2ccccc21)N1CCc2cc(=O)[nH]cc2C1. The number of para-hydroxylation sites is 2. The van der Waals surface area contributed by atoms with Gasteiger partial charge in [0.25, 0.3) is 0 Å². The zero-order chi connectivity index (χ0) is 17.4. The van der Waals surface area contributed by atoms with Gasteiger partial charge < -0.3 is 14.9 Å². The summed E-state index contributed by atoms with van der Waals surface area (Å²) < 4.78 is 1.60. The summed E-state index contributed by atoms with van der Waals surface area (Å²) in [5, 5.41) is 0. The Morgan fingerprint density at radius 2 is 2.00 bits per heavy atom. The number of nitrogens with zero attached hydrogens (tertiary/aromatic N) is 2. The molecule has 0 fully saturated rings. The van der Waals surface area contributed by atoms with Crippen LogP contribution in [0.2, 0.25) is 0 Å². The minimum absolute atomic E-state index is 0.00836. The van der Waals surface area contributed by atoms with Gasteiger partial charge in [0.1, 0.15) is 0 Å². The van der Waals surface area contributed by atoms with Crippen LogP contribution in [-0.4, -0.2) is 31.9 Å². The lowest BCUT2D eigenvalue weighted by molar-refractivity contribution is -0.132. The number of fused-ring (bicyclic) bond motifs is 2. The molecule has 0 radical (unpaired) electrons. The van der Waals surface area contributed by atoms with Crippen LogP contribution >= 0.6 is 0 Å². The van der Waals surface area contributed by atoms with Gasteiger partial charge in [-0.1, -0.05) is 12.1 Å². The smallest absolute Gasteiger partial charge is 0.326 e. The van der Waals surface area contributed by atoms with Crippen molar-refractivity contribution in [1.82, 2.24) is 19.4 Å². The molecule has 0 saturated heterocycles. The van der Waals surface area contributed by atoms with Crippen molar-refractivity contribution in [3.8, 4) is 0 Å². The average molecular weight is 338 g/mol. The predicted octanol–water partition coefficient (Wildman–Crippen LogP) is 0.993. The van der Waals surface area contributed by atoms with Crippen molar-refractivity contribution < 1.29 is 4.79 Å². The number of benzene rings is 1. The fourth-order valence-electron chi connectivity index (χ4n) is 3.37. The number of carbonyl (C=O) groups is 1. The number of hydrogen-bond acceptors (Lipinski definition) is 3. The van der Waals surface area contributed by atoms with Crippen LogP contribution in [0.5, 0.6) is 0 Å². The van der Waals surface area contributed by atoms with E-state index in [0.717, 1.165) is 22.2 Å². The number of imidazole rings is 1. The first kappa shape index (κ1) is 15.4. The van der Waals surface area contributed by atoms with Crippen molar-refractivity contribution in [1.29, 1.82) is 0 Å². The molecule has 2 N–H and O–H groups in total. The van der Waals surface area contributed by atoms with Crippen LogP contribution in [0.25, 0.3) is 11.0 Å². The quantitative estimate of drug-likeness (QED) is 0.746. The monoisotopic (exact) mass is 338 g/mol. The molecule has 2 aromatic heterocycles. The molecule has 0 unspecified atom stereocenters. The maximum atomic E-state index is 12.5. The van der Waals surface area contributed by atoms with Crippen molar-refractivity contribution in [3.63, 3.8) is 0 Å². The zero-order valence-corrected chi connectivity index (χ0v) is 13.6. The van der Waals surface area contributed by atoms with Gasteiger partial charge in [-0.05, 0) is 29.7 Å². The van der Waals surface area contributed by atoms with Gasteiger partial charge in [-0.25, -0.2) is 4.79 Å². The largest absolute Gasteiger partial charge is 0.338 e. The molecule has 4 rings (SSSR count). The Balaban J connectivity index is 1.47. The van der Waals surface area contributed by atoms with E-state index < -0.39 is 0 Å². The molecular formula is C18H18N4O3. The third kappa shape index (κ3) is 2.88. The van der Waals surface area contributed by atoms with E-state index in [1.54, 1.807) is 21.7 Å². The van der Waals surface area contributed by atoms with Gasteiger partial charge in [0.05, 0.1) is 11.0 Å². The average Bonchev–Trinajstić information content (AvgIpc) is 2.94. The van der Waals surface area contributed by atoms with Crippen LogP contribution in [0.3, 0.4) is 0 Å². The summed E-state index contributed by atoms with van der Waals surface area (Å²) in [6.07, 6.45) is 2.62. The minimum Gasteiger partial charge on any atom is -0.338 e. The molecule has 0 aliphatic carbocycles. The Labute approximate surface area is 142 Å². The highest BCUT2D eigenvalue weighted by Gasteiger charge is 2.21. The molecule has 25 heavy (non-hydrogen) atoms. The third-order valence-electron chi connectivity index (χ3n) is 4.70. The van der Waals surface area contributed by atoms with Gasteiger partial charge >= 0.3 is 5.69 Å². The molecule has 0 bridgehead atoms. The second kappa shape index (κ2) is 6.08. The van der Waals surface area contributed by atoms with Gasteiger partial charge in [0.15, 0.2) is 0 Å². The summed E-state index contributed by atoms with van der Waals surface area (Å²) in [4.78, 5) is 43.2.